The molecule has 1 heterocycles. The van der Waals surface area contributed by atoms with Crippen LogP contribution in [-0.2, 0) is 13.0 Å². The highest BCUT2D eigenvalue weighted by Gasteiger charge is 2.08. The van der Waals surface area contributed by atoms with Crippen LogP contribution in [0.15, 0.2) is 6.20 Å². The normalized spacial score (nSPS) is 10.2. The van der Waals surface area contributed by atoms with Crippen molar-refractivity contribution < 1.29 is 4.79 Å². The van der Waals surface area contributed by atoms with E-state index < -0.39 is 0 Å². The molecule has 1 rings (SSSR count). The van der Waals surface area contributed by atoms with E-state index in [1.165, 1.54) is 0 Å². The molecule has 0 amide bonds. The van der Waals surface area contributed by atoms with Crippen molar-refractivity contribution in [3.8, 4) is 0 Å². The lowest BCUT2D eigenvalue weighted by Crippen LogP contribution is -2.05. The summed E-state index contributed by atoms with van der Waals surface area (Å²) in [7, 11) is 0. The van der Waals surface area contributed by atoms with Gasteiger partial charge in [0.05, 0.1) is 5.69 Å². The molecular formula is C9H14N2O. The summed E-state index contributed by atoms with van der Waals surface area (Å²) in [6, 6.07) is 0. The van der Waals surface area contributed by atoms with Gasteiger partial charge in [0.15, 0.2) is 11.6 Å². The van der Waals surface area contributed by atoms with Crippen molar-refractivity contribution in [2.75, 3.05) is 0 Å². The molecule has 3 heteroatoms. The van der Waals surface area contributed by atoms with Gasteiger partial charge in [0.2, 0.25) is 0 Å². The third-order valence-corrected chi connectivity index (χ3v) is 1.84. The van der Waals surface area contributed by atoms with Crippen molar-refractivity contribution in [3.63, 3.8) is 0 Å². The number of carbonyl (C=O) groups is 1. The van der Waals surface area contributed by atoms with Crippen LogP contribution in [0.1, 0.15) is 37.1 Å². The Bertz CT molecular complexity index is 289. The largest absolute Gasteiger partial charge is 0.329 e. The maximum atomic E-state index is 11.1. The first kappa shape index (κ1) is 8.97. The number of ketones is 1. The fourth-order valence-electron chi connectivity index (χ4n) is 1.16. The zero-order valence-corrected chi connectivity index (χ0v) is 7.79. The lowest BCUT2D eigenvalue weighted by atomic mass is 10.4. The Morgan fingerprint density at radius 2 is 2.25 bits per heavy atom. The minimum atomic E-state index is 0.0385. The van der Waals surface area contributed by atoms with Gasteiger partial charge in [0.1, 0.15) is 0 Å². The predicted octanol–water partition coefficient (Wildman–Crippen LogP) is 1.67. The number of aryl methyl sites for hydroxylation is 2. The second-order valence-corrected chi connectivity index (χ2v) is 2.75. The highest BCUT2D eigenvalue weighted by atomic mass is 16.1. The molecule has 1 aromatic heterocycles. The number of Topliss-reactive ketones (excluding diaryl/α,β-unsaturated/α-hetero) is 1. The van der Waals surface area contributed by atoms with Crippen LogP contribution in [0, 0.1) is 0 Å². The van der Waals surface area contributed by atoms with E-state index in [9.17, 15) is 4.79 Å². The summed E-state index contributed by atoms with van der Waals surface area (Å²) in [4.78, 5) is 15.3. The van der Waals surface area contributed by atoms with E-state index in [2.05, 4.69) is 4.98 Å². The average Bonchev–Trinajstić information content (AvgIpc) is 2.47. The van der Waals surface area contributed by atoms with Gasteiger partial charge in [-0.3, -0.25) is 4.79 Å². The highest BCUT2D eigenvalue weighted by molar-refractivity contribution is 5.90. The fraction of sp³-hybridized carbons (Fsp3) is 0.556. The van der Waals surface area contributed by atoms with Crippen LogP contribution in [0.25, 0.3) is 0 Å². The molecule has 12 heavy (non-hydrogen) atoms. The molecule has 3 nitrogen and oxygen atoms in total. The molecule has 0 aromatic carbocycles. The zero-order valence-electron chi connectivity index (χ0n) is 7.79. The molecule has 0 aliphatic carbocycles. The standard InChI is InChI=1S/C9H14N2O/c1-4-8-6-11(5-2)9(10-8)7(3)12/h6H,4-5H2,1-3H3. The maximum Gasteiger partial charge on any atom is 0.195 e. The molecule has 0 aliphatic rings. The molecule has 0 aliphatic heterocycles. The van der Waals surface area contributed by atoms with Crippen molar-refractivity contribution in [1.82, 2.24) is 9.55 Å². The lowest BCUT2D eigenvalue weighted by Gasteiger charge is -1.98. The molecule has 0 radical (unpaired) electrons. The van der Waals surface area contributed by atoms with Gasteiger partial charge in [-0.15, -0.1) is 0 Å². The minimum Gasteiger partial charge on any atom is -0.329 e. The monoisotopic (exact) mass is 166 g/mol. The Morgan fingerprint density at radius 3 is 2.58 bits per heavy atom. The SMILES string of the molecule is CCc1cn(CC)c(C(C)=O)n1. The lowest BCUT2D eigenvalue weighted by molar-refractivity contribution is 0.0999. The third kappa shape index (κ3) is 1.55. The average molecular weight is 166 g/mol. The van der Waals surface area contributed by atoms with E-state index in [1.54, 1.807) is 6.92 Å². The highest BCUT2D eigenvalue weighted by Crippen LogP contribution is 2.04. The van der Waals surface area contributed by atoms with Crippen molar-refractivity contribution >= 4 is 5.78 Å². The Hall–Kier alpha value is -1.12. The molecule has 0 N–H and O–H groups in total. The van der Waals surface area contributed by atoms with Gasteiger partial charge in [-0.25, -0.2) is 4.98 Å². The van der Waals surface area contributed by atoms with Crippen LogP contribution >= 0.6 is 0 Å². The topological polar surface area (TPSA) is 34.9 Å². The van der Waals surface area contributed by atoms with E-state index in [4.69, 9.17) is 0 Å². The van der Waals surface area contributed by atoms with Gasteiger partial charge in [0.25, 0.3) is 0 Å². The summed E-state index contributed by atoms with van der Waals surface area (Å²) < 4.78 is 1.89. The molecule has 1 aromatic rings. The maximum absolute atomic E-state index is 11.1. The number of hydrogen-bond donors (Lipinski definition) is 0. The molecule has 0 bridgehead atoms. The summed E-state index contributed by atoms with van der Waals surface area (Å²) in [6.07, 6.45) is 2.82. The Kier molecular flexibility index (Phi) is 2.63. The van der Waals surface area contributed by atoms with Crippen LogP contribution < -0.4 is 0 Å². The van der Waals surface area contributed by atoms with Crippen LogP contribution in [-0.4, -0.2) is 15.3 Å². The number of rotatable bonds is 3. The number of imidazole rings is 1. The third-order valence-electron chi connectivity index (χ3n) is 1.84. The van der Waals surface area contributed by atoms with Crippen LogP contribution in [0.5, 0.6) is 0 Å². The molecule has 0 spiro atoms. The summed E-state index contributed by atoms with van der Waals surface area (Å²) in [6.45, 7) is 6.40. The van der Waals surface area contributed by atoms with Gasteiger partial charge >= 0.3 is 0 Å². The fourth-order valence-corrected chi connectivity index (χ4v) is 1.16. The first-order valence-electron chi connectivity index (χ1n) is 4.26. The van der Waals surface area contributed by atoms with E-state index in [1.807, 2.05) is 24.6 Å². The van der Waals surface area contributed by atoms with E-state index >= 15 is 0 Å². The van der Waals surface area contributed by atoms with Crippen molar-refractivity contribution in [3.05, 3.63) is 17.7 Å². The van der Waals surface area contributed by atoms with Crippen LogP contribution in [0.2, 0.25) is 0 Å². The van der Waals surface area contributed by atoms with Crippen molar-refractivity contribution in [2.24, 2.45) is 0 Å². The van der Waals surface area contributed by atoms with Crippen LogP contribution in [0.3, 0.4) is 0 Å². The molecule has 0 saturated carbocycles. The molecule has 0 saturated heterocycles. The van der Waals surface area contributed by atoms with Crippen molar-refractivity contribution in [2.45, 2.75) is 33.7 Å². The smallest absolute Gasteiger partial charge is 0.195 e. The molecule has 0 atom stereocenters. The molecule has 66 valence electrons. The van der Waals surface area contributed by atoms with E-state index in [0.29, 0.717) is 5.82 Å². The Labute approximate surface area is 72.4 Å². The second-order valence-electron chi connectivity index (χ2n) is 2.75. The minimum absolute atomic E-state index is 0.0385. The first-order chi connectivity index (χ1) is 5.69. The molecular weight excluding hydrogens is 152 g/mol. The van der Waals surface area contributed by atoms with Gasteiger partial charge < -0.3 is 4.57 Å². The first-order valence-corrected chi connectivity index (χ1v) is 4.26. The van der Waals surface area contributed by atoms with E-state index in [-0.39, 0.29) is 5.78 Å². The predicted molar refractivity (Wildman–Crippen MR) is 47.3 cm³/mol. The van der Waals surface area contributed by atoms with Crippen LogP contribution in [0.4, 0.5) is 0 Å². The number of carbonyl (C=O) groups excluding carboxylic acids is 1. The van der Waals surface area contributed by atoms with Gasteiger partial charge in [-0.2, -0.15) is 0 Å². The second kappa shape index (κ2) is 3.52. The number of aromatic nitrogens is 2. The summed E-state index contributed by atoms with van der Waals surface area (Å²) in [5.74, 6) is 0.617. The zero-order chi connectivity index (χ0) is 9.14. The van der Waals surface area contributed by atoms with Gasteiger partial charge in [-0.1, -0.05) is 6.92 Å². The summed E-state index contributed by atoms with van der Waals surface area (Å²) >= 11 is 0. The molecule has 0 fully saturated rings. The van der Waals surface area contributed by atoms with E-state index in [0.717, 1.165) is 18.7 Å². The Morgan fingerprint density at radius 1 is 1.58 bits per heavy atom. The summed E-state index contributed by atoms with van der Waals surface area (Å²) in [5, 5.41) is 0. The summed E-state index contributed by atoms with van der Waals surface area (Å²) in [5.41, 5.74) is 0.988. The quantitative estimate of drug-likeness (QED) is 0.640. The van der Waals surface area contributed by atoms with Gasteiger partial charge in [0, 0.05) is 19.7 Å². The van der Waals surface area contributed by atoms with Crippen molar-refractivity contribution in [1.29, 1.82) is 0 Å². The number of nitrogens with zero attached hydrogens (tertiary/aromatic N) is 2. The molecule has 0 unspecified atom stereocenters. The van der Waals surface area contributed by atoms with Gasteiger partial charge in [-0.05, 0) is 13.3 Å². The number of hydrogen-bond acceptors (Lipinski definition) is 2. The Balaban J connectivity index is 3.08.